The van der Waals surface area contributed by atoms with Gasteiger partial charge in [-0.05, 0) is 62.1 Å². The first-order valence-corrected chi connectivity index (χ1v) is 8.68. The second-order valence-corrected chi connectivity index (χ2v) is 7.32. The predicted molar refractivity (Wildman–Crippen MR) is 94.1 cm³/mol. The molecule has 1 saturated heterocycles. The SMILES string of the molecule is C=CCOCCC(=C(F)B1OC(C)(C)C(C)(C)O1)c1ccsc1. The van der Waals surface area contributed by atoms with Gasteiger partial charge < -0.3 is 14.0 Å². The Kier molecular flexibility index (Phi) is 5.84. The van der Waals surface area contributed by atoms with Crippen molar-refractivity contribution < 1.29 is 18.4 Å². The Balaban J connectivity index is 2.22. The van der Waals surface area contributed by atoms with Gasteiger partial charge in [-0.2, -0.15) is 11.3 Å². The van der Waals surface area contributed by atoms with Gasteiger partial charge in [-0.1, -0.05) is 6.08 Å². The molecule has 3 nitrogen and oxygen atoms in total. The van der Waals surface area contributed by atoms with Crippen LogP contribution in [0.2, 0.25) is 0 Å². The lowest BCUT2D eigenvalue weighted by molar-refractivity contribution is 0.00578. The van der Waals surface area contributed by atoms with Crippen LogP contribution in [-0.4, -0.2) is 31.5 Å². The summed E-state index contributed by atoms with van der Waals surface area (Å²) in [6.45, 7) is 12.1. The monoisotopic (exact) mass is 338 g/mol. The highest BCUT2D eigenvalue weighted by Gasteiger charge is 2.53. The lowest BCUT2D eigenvalue weighted by Gasteiger charge is -2.32. The van der Waals surface area contributed by atoms with Gasteiger partial charge in [0.15, 0.2) is 0 Å². The molecular weight excluding hydrogens is 314 g/mol. The molecule has 0 atom stereocenters. The molecule has 0 unspecified atom stereocenters. The highest BCUT2D eigenvalue weighted by molar-refractivity contribution is 7.08. The maximum Gasteiger partial charge on any atom is 0.525 e. The van der Waals surface area contributed by atoms with Crippen LogP contribution >= 0.6 is 11.3 Å². The van der Waals surface area contributed by atoms with Crippen molar-refractivity contribution in [1.82, 2.24) is 0 Å². The minimum atomic E-state index is -0.977. The van der Waals surface area contributed by atoms with Gasteiger partial charge in [0.25, 0.3) is 0 Å². The topological polar surface area (TPSA) is 27.7 Å². The summed E-state index contributed by atoms with van der Waals surface area (Å²) in [6.07, 6.45) is 2.14. The quantitative estimate of drug-likeness (QED) is 0.411. The summed E-state index contributed by atoms with van der Waals surface area (Å²) in [4.78, 5) is 0. The average Bonchev–Trinajstić information content (AvgIpc) is 3.05. The summed E-state index contributed by atoms with van der Waals surface area (Å²) in [5.74, 6) is 0. The van der Waals surface area contributed by atoms with Gasteiger partial charge >= 0.3 is 7.12 Å². The van der Waals surface area contributed by atoms with Crippen LogP contribution in [0.1, 0.15) is 39.7 Å². The number of hydrogen-bond acceptors (Lipinski definition) is 4. The van der Waals surface area contributed by atoms with E-state index in [4.69, 9.17) is 14.0 Å². The zero-order valence-electron chi connectivity index (χ0n) is 14.2. The lowest BCUT2D eigenvalue weighted by Crippen LogP contribution is -2.41. The molecule has 6 heteroatoms. The molecule has 0 saturated carbocycles. The molecule has 2 heterocycles. The summed E-state index contributed by atoms with van der Waals surface area (Å²) in [5.41, 5.74) is -0.0650. The molecule has 0 spiro atoms. The van der Waals surface area contributed by atoms with Gasteiger partial charge in [-0.15, -0.1) is 6.58 Å². The van der Waals surface area contributed by atoms with E-state index < -0.39 is 18.3 Å². The predicted octanol–water partition coefficient (Wildman–Crippen LogP) is 4.65. The molecule has 0 bridgehead atoms. The summed E-state index contributed by atoms with van der Waals surface area (Å²) < 4.78 is 32.1. The Morgan fingerprint density at radius 3 is 2.52 bits per heavy atom. The van der Waals surface area contributed by atoms with Crippen molar-refractivity contribution in [3.05, 3.63) is 40.8 Å². The van der Waals surface area contributed by atoms with Crippen molar-refractivity contribution >= 4 is 24.0 Å². The largest absolute Gasteiger partial charge is 0.525 e. The van der Waals surface area contributed by atoms with E-state index in [0.717, 1.165) is 5.56 Å². The summed E-state index contributed by atoms with van der Waals surface area (Å²) in [6, 6.07) is 1.90. The Morgan fingerprint density at radius 2 is 2.00 bits per heavy atom. The Bertz CT molecular complexity index is 550. The fourth-order valence-electron chi connectivity index (χ4n) is 2.27. The fourth-order valence-corrected chi connectivity index (χ4v) is 2.94. The van der Waals surface area contributed by atoms with Gasteiger partial charge in [0, 0.05) is 0 Å². The third kappa shape index (κ3) is 4.12. The van der Waals surface area contributed by atoms with E-state index in [1.807, 2.05) is 44.5 Å². The van der Waals surface area contributed by atoms with Crippen LogP contribution < -0.4 is 0 Å². The van der Waals surface area contributed by atoms with Gasteiger partial charge in [0.2, 0.25) is 0 Å². The minimum Gasteiger partial charge on any atom is -0.398 e. The molecule has 0 N–H and O–H groups in total. The molecular formula is C17H24BFO3S. The van der Waals surface area contributed by atoms with Crippen LogP contribution in [0.4, 0.5) is 4.39 Å². The molecule has 1 aliphatic rings. The van der Waals surface area contributed by atoms with Gasteiger partial charge in [0.1, 0.15) is 5.73 Å². The highest BCUT2D eigenvalue weighted by atomic mass is 32.1. The van der Waals surface area contributed by atoms with Gasteiger partial charge in [-0.25, -0.2) is 4.39 Å². The van der Waals surface area contributed by atoms with E-state index >= 15 is 4.39 Å². The van der Waals surface area contributed by atoms with Crippen LogP contribution in [0.3, 0.4) is 0 Å². The fraction of sp³-hybridized carbons (Fsp3) is 0.529. The third-order valence-electron chi connectivity index (χ3n) is 4.35. The lowest BCUT2D eigenvalue weighted by atomic mass is 9.82. The van der Waals surface area contributed by atoms with E-state index in [1.165, 1.54) is 11.3 Å². The van der Waals surface area contributed by atoms with Gasteiger partial charge in [0.05, 0.1) is 24.4 Å². The number of ether oxygens (including phenoxy) is 1. The smallest absolute Gasteiger partial charge is 0.398 e. The standard InChI is InChI=1S/C17H24BFO3S/c1-6-9-20-10-7-14(13-8-11-23-12-13)15(19)18-21-16(2,3)17(4,5)22-18/h6,8,11-12H,1,7,9-10H2,2-5H3. The Morgan fingerprint density at radius 1 is 1.35 bits per heavy atom. The van der Waals surface area contributed by atoms with Crippen molar-refractivity contribution in [2.24, 2.45) is 0 Å². The number of thiophene rings is 1. The summed E-state index contributed by atoms with van der Waals surface area (Å²) >= 11 is 1.53. The molecule has 0 aromatic carbocycles. The Labute approximate surface area is 142 Å². The minimum absolute atomic E-state index is 0.371. The van der Waals surface area contributed by atoms with Crippen molar-refractivity contribution in [2.45, 2.75) is 45.3 Å². The highest BCUT2D eigenvalue weighted by Crippen LogP contribution is 2.40. The van der Waals surface area contributed by atoms with Crippen LogP contribution in [0.15, 0.2) is 35.2 Å². The molecule has 0 amide bonds. The van der Waals surface area contributed by atoms with Crippen LogP contribution in [-0.2, 0) is 14.0 Å². The summed E-state index contributed by atoms with van der Waals surface area (Å²) in [5, 5.41) is 3.85. The molecule has 1 aliphatic heterocycles. The Hall–Kier alpha value is -0.945. The van der Waals surface area contributed by atoms with Gasteiger partial charge in [-0.3, -0.25) is 0 Å². The number of hydrogen-bond donors (Lipinski definition) is 0. The van der Waals surface area contributed by atoms with Crippen LogP contribution in [0.25, 0.3) is 5.57 Å². The maximum absolute atomic E-state index is 15.1. The van der Waals surface area contributed by atoms with Crippen LogP contribution in [0.5, 0.6) is 0 Å². The summed E-state index contributed by atoms with van der Waals surface area (Å²) in [7, 11) is -0.977. The van der Waals surface area contributed by atoms with Crippen LogP contribution in [0, 0.1) is 0 Å². The molecule has 1 aromatic heterocycles. The number of halogens is 1. The zero-order chi connectivity index (χ0) is 17.1. The molecule has 126 valence electrons. The van der Waals surface area contributed by atoms with Crippen molar-refractivity contribution in [2.75, 3.05) is 13.2 Å². The molecule has 2 rings (SSSR count). The van der Waals surface area contributed by atoms with Crippen molar-refractivity contribution in [1.29, 1.82) is 0 Å². The van der Waals surface area contributed by atoms with E-state index in [0.29, 0.717) is 25.2 Å². The zero-order valence-corrected chi connectivity index (χ0v) is 15.0. The third-order valence-corrected chi connectivity index (χ3v) is 5.03. The molecule has 0 radical (unpaired) electrons. The normalized spacial score (nSPS) is 20.5. The second-order valence-electron chi connectivity index (χ2n) is 6.54. The molecule has 0 aliphatic carbocycles. The van der Waals surface area contributed by atoms with E-state index in [2.05, 4.69) is 6.58 Å². The first kappa shape index (κ1) is 18.4. The van der Waals surface area contributed by atoms with Crippen molar-refractivity contribution in [3.8, 4) is 0 Å². The van der Waals surface area contributed by atoms with E-state index in [9.17, 15) is 0 Å². The number of rotatable bonds is 7. The molecule has 1 fully saturated rings. The van der Waals surface area contributed by atoms with E-state index in [1.54, 1.807) is 6.08 Å². The maximum atomic E-state index is 15.1. The second kappa shape index (κ2) is 7.30. The first-order chi connectivity index (χ1) is 10.8. The van der Waals surface area contributed by atoms with Crippen molar-refractivity contribution in [3.63, 3.8) is 0 Å². The molecule has 23 heavy (non-hydrogen) atoms. The average molecular weight is 338 g/mol. The first-order valence-electron chi connectivity index (χ1n) is 7.74. The molecule has 1 aromatic rings. The van der Waals surface area contributed by atoms with E-state index in [-0.39, 0.29) is 5.73 Å².